The molecule has 2 amide bonds. The fraction of sp³-hybridized carbons (Fsp3) is 0.414. The number of halogens is 1. The number of nitrogens with one attached hydrogen (secondary N) is 2. The van der Waals surface area contributed by atoms with Crippen LogP contribution in [0.3, 0.4) is 0 Å². The van der Waals surface area contributed by atoms with Gasteiger partial charge in [0, 0.05) is 41.3 Å². The van der Waals surface area contributed by atoms with Gasteiger partial charge in [-0.2, -0.15) is 0 Å². The van der Waals surface area contributed by atoms with E-state index in [2.05, 4.69) is 15.6 Å². The molecular weight excluding hydrogens is 503 g/mol. The minimum atomic E-state index is -1.02. The highest BCUT2D eigenvalue weighted by Crippen LogP contribution is 2.34. The van der Waals surface area contributed by atoms with Gasteiger partial charge in [-0.3, -0.25) is 9.59 Å². The molecule has 0 unspecified atom stereocenters. The van der Waals surface area contributed by atoms with Crippen LogP contribution in [0.15, 0.2) is 60.0 Å². The maximum absolute atomic E-state index is 13.8. The SMILES string of the molecule is Cc1csc([C@H]2CCCN2C(=O)c2cccc(C(=O)N[C@@H](Cc3ccccc3)[C@@H](O)[C@H]3C[C@H](F)CN3)c2)n1. The molecule has 0 spiro atoms. The minimum Gasteiger partial charge on any atom is -0.389 e. The Labute approximate surface area is 226 Å². The van der Waals surface area contributed by atoms with Crippen LogP contribution in [0.5, 0.6) is 0 Å². The molecule has 1 aromatic heterocycles. The highest BCUT2D eigenvalue weighted by Gasteiger charge is 2.35. The van der Waals surface area contributed by atoms with Gasteiger partial charge in [-0.15, -0.1) is 11.3 Å². The number of carbonyl (C=O) groups excluding carboxylic acids is 2. The molecule has 3 aromatic rings. The molecule has 2 saturated heterocycles. The van der Waals surface area contributed by atoms with Gasteiger partial charge in [0.1, 0.15) is 11.2 Å². The van der Waals surface area contributed by atoms with Gasteiger partial charge in [-0.25, -0.2) is 9.37 Å². The summed E-state index contributed by atoms with van der Waals surface area (Å²) in [5.74, 6) is -0.511. The fourth-order valence-electron chi connectivity index (χ4n) is 5.39. The number of carbonyl (C=O) groups is 2. The second kappa shape index (κ2) is 11.7. The molecule has 2 aliphatic rings. The lowest BCUT2D eigenvalue weighted by molar-refractivity contribution is 0.0728. The summed E-state index contributed by atoms with van der Waals surface area (Å²) in [6.07, 6.45) is 0.368. The van der Waals surface area contributed by atoms with E-state index in [-0.39, 0.29) is 30.8 Å². The third kappa shape index (κ3) is 5.95. The molecule has 38 heavy (non-hydrogen) atoms. The second-order valence-electron chi connectivity index (χ2n) is 10.2. The summed E-state index contributed by atoms with van der Waals surface area (Å²) in [5.41, 5.74) is 2.68. The van der Waals surface area contributed by atoms with Crippen LogP contribution in [0.25, 0.3) is 0 Å². The standard InChI is InChI=1S/C29H33FN4O3S/c1-18-17-38-28(32-18)25-11-6-12-34(25)29(37)21-10-5-9-20(14-21)27(36)33-24(13-19-7-3-2-4-8-19)26(35)23-15-22(30)16-31-23/h2-5,7-10,14,17,22-26,31,35H,6,11-13,15-16H2,1H3,(H,33,36)/t22-,23+,24-,25+,26-/m0/s1. The van der Waals surface area contributed by atoms with E-state index in [1.54, 1.807) is 35.6 Å². The van der Waals surface area contributed by atoms with Crippen LogP contribution in [0.1, 0.15) is 62.3 Å². The van der Waals surface area contributed by atoms with Gasteiger partial charge in [-0.1, -0.05) is 36.4 Å². The lowest BCUT2D eigenvalue weighted by Gasteiger charge is -2.29. The Bertz CT molecular complexity index is 1270. The molecule has 2 aromatic carbocycles. The predicted octanol–water partition coefficient (Wildman–Crippen LogP) is 3.83. The number of thiazole rings is 1. The van der Waals surface area contributed by atoms with Crippen LogP contribution in [-0.2, 0) is 6.42 Å². The number of hydrogen-bond donors (Lipinski definition) is 3. The van der Waals surface area contributed by atoms with E-state index in [4.69, 9.17) is 0 Å². The van der Waals surface area contributed by atoms with Gasteiger partial charge in [0.15, 0.2) is 0 Å². The Morgan fingerprint density at radius 2 is 2.00 bits per heavy atom. The van der Waals surface area contributed by atoms with Crippen molar-refractivity contribution in [1.29, 1.82) is 0 Å². The van der Waals surface area contributed by atoms with Crippen LogP contribution in [0.2, 0.25) is 0 Å². The number of likely N-dealkylation sites (tertiary alicyclic amines) is 1. The Morgan fingerprint density at radius 3 is 2.71 bits per heavy atom. The van der Waals surface area contributed by atoms with Crippen LogP contribution in [0, 0.1) is 6.92 Å². The van der Waals surface area contributed by atoms with Crippen LogP contribution in [-0.4, -0.2) is 64.3 Å². The Hall–Kier alpha value is -3.14. The van der Waals surface area contributed by atoms with Gasteiger partial charge < -0.3 is 20.6 Å². The Kier molecular flexibility index (Phi) is 8.16. The van der Waals surface area contributed by atoms with Crippen LogP contribution >= 0.6 is 11.3 Å². The highest BCUT2D eigenvalue weighted by molar-refractivity contribution is 7.09. The molecule has 0 aliphatic carbocycles. The number of aromatic nitrogens is 1. The molecule has 200 valence electrons. The number of benzene rings is 2. The summed E-state index contributed by atoms with van der Waals surface area (Å²) in [5, 5.41) is 20.0. The Balaban J connectivity index is 1.32. The zero-order valence-electron chi connectivity index (χ0n) is 21.3. The van der Waals surface area contributed by atoms with Gasteiger partial charge in [0.2, 0.25) is 0 Å². The van der Waals surface area contributed by atoms with Crippen LogP contribution in [0.4, 0.5) is 4.39 Å². The van der Waals surface area contributed by atoms with Gasteiger partial charge in [0.25, 0.3) is 11.8 Å². The number of aryl methyl sites for hydroxylation is 1. The highest BCUT2D eigenvalue weighted by atomic mass is 32.1. The smallest absolute Gasteiger partial charge is 0.254 e. The van der Waals surface area contributed by atoms with E-state index in [0.29, 0.717) is 24.1 Å². The van der Waals surface area contributed by atoms with Gasteiger partial charge in [-0.05, 0) is 56.4 Å². The first-order chi connectivity index (χ1) is 18.4. The van der Waals surface area contributed by atoms with E-state index >= 15 is 0 Å². The fourth-order valence-corrected chi connectivity index (χ4v) is 6.33. The molecule has 9 heteroatoms. The Morgan fingerprint density at radius 1 is 1.21 bits per heavy atom. The number of nitrogens with zero attached hydrogens (tertiary/aromatic N) is 2. The van der Waals surface area contributed by atoms with E-state index in [1.165, 1.54) is 0 Å². The maximum Gasteiger partial charge on any atom is 0.254 e. The first-order valence-corrected chi connectivity index (χ1v) is 14.0. The summed E-state index contributed by atoms with van der Waals surface area (Å²) < 4.78 is 13.8. The van der Waals surface area contributed by atoms with Crippen LogP contribution < -0.4 is 10.6 Å². The van der Waals surface area contributed by atoms with E-state index in [9.17, 15) is 19.1 Å². The van der Waals surface area contributed by atoms with Crippen molar-refractivity contribution < 1.29 is 19.1 Å². The quantitative estimate of drug-likeness (QED) is 0.407. The van der Waals surface area contributed by atoms with Crippen molar-refractivity contribution in [2.24, 2.45) is 0 Å². The molecule has 5 atom stereocenters. The van der Waals surface area contributed by atoms with Crippen molar-refractivity contribution in [3.8, 4) is 0 Å². The molecule has 0 radical (unpaired) electrons. The second-order valence-corrected chi connectivity index (χ2v) is 11.1. The third-order valence-corrected chi connectivity index (χ3v) is 8.42. The summed E-state index contributed by atoms with van der Waals surface area (Å²) in [7, 11) is 0. The van der Waals surface area contributed by atoms with E-state index in [1.807, 2.05) is 47.5 Å². The average Bonchev–Trinajstić information content (AvgIpc) is 3.69. The number of amides is 2. The molecule has 3 heterocycles. The largest absolute Gasteiger partial charge is 0.389 e. The van der Waals surface area contributed by atoms with Crippen molar-refractivity contribution in [2.75, 3.05) is 13.1 Å². The molecule has 2 fully saturated rings. The molecule has 0 saturated carbocycles. The maximum atomic E-state index is 13.8. The lowest BCUT2D eigenvalue weighted by atomic mass is 9.95. The van der Waals surface area contributed by atoms with Crippen molar-refractivity contribution in [1.82, 2.24) is 20.5 Å². The number of aliphatic hydroxyl groups excluding tert-OH is 1. The summed E-state index contributed by atoms with van der Waals surface area (Å²) >= 11 is 1.57. The van der Waals surface area contributed by atoms with Crippen molar-refractivity contribution in [3.05, 3.63) is 87.4 Å². The molecule has 7 nitrogen and oxygen atoms in total. The molecule has 5 rings (SSSR count). The molecule has 0 bridgehead atoms. The number of alkyl halides is 1. The number of aliphatic hydroxyl groups is 1. The number of rotatable bonds is 8. The third-order valence-electron chi connectivity index (χ3n) is 7.36. The predicted molar refractivity (Wildman–Crippen MR) is 145 cm³/mol. The van der Waals surface area contributed by atoms with Gasteiger partial charge in [0.05, 0.1) is 18.2 Å². The van der Waals surface area contributed by atoms with E-state index < -0.39 is 24.4 Å². The van der Waals surface area contributed by atoms with Gasteiger partial charge >= 0.3 is 0 Å². The normalized spacial score (nSPS) is 22.8. The number of hydrogen-bond acceptors (Lipinski definition) is 6. The average molecular weight is 537 g/mol. The summed E-state index contributed by atoms with van der Waals surface area (Å²) in [6, 6.07) is 15.1. The molecule has 3 N–H and O–H groups in total. The topological polar surface area (TPSA) is 94.6 Å². The lowest BCUT2D eigenvalue weighted by Crippen LogP contribution is -2.52. The molecule has 2 aliphatic heterocycles. The minimum absolute atomic E-state index is 0.0534. The monoisotopic (exact) mass is 536 g/mol. The first-order valence-electron chi connectivity index (χ1n) is 13.1. The molecular formula is C29H33FN4O3S. The zero-order chi connectivity index (χ0) is 26.6. The zero-order valence-corrected chi connectivity index (χ0v) is 22.2. The summed E-state index contributed by atoms with van der Waals surface area (Å²) in [4.78, 5) is 33.3. The van der Waals surface area contributed by atoms with Crippen molar-refractivity contribution in [2.45, 2.75) is 63.0 Å². The van der Waals surface area contributed by atoms with Crippen molar-refractivity contribution >= 4 is 23.2 Å². The van der Waals surface area contributed by atoms with Crippen molar-refractivity contribution in [3.63, 3.8) is 0 Å². The first kappa shape index (κ1) is 26.5. The van der Waals surface area contributed by atoms with E-state index in [0.717, 1.165) is 29.1 Å². The summed E-state index contributed by atoms with van der Waals surface area (Å²) in [6.45, 7) is 2.79.